The van der Waals surface area contributed by atoms with Crippen LogP contribution < -0.4 is 10.1 Å². The normalized spacial score (nSPS) is 12.2. The smallest absolute Gasteiger partial charge is 0.141 e. The summed E-state index contributed by atoms with van der Waals surface area (Å²) in [5.41, 5.74) is 0.969. The second-order valence-electron chi connectivity index (χ2n) is 4.01. The fourth-order valence-corrected chi connectivity index (χ4v) is 1.75. The van der Waals surface area contributed by atoms with Crippen molar-refractivity contribution in [1.29, 1.82) is 0 Å². The van der Waals surface area contributed by atoms with E-state index in [-0.39, 0.29) is 6.04 Å². The highest BCUT2D eigenvalue weighted by Crippen LogP contribution is 2.28. The zero-order chi connectivity index (χ0) is 12.3. The minimum atomic E-state index is 0.111. The predicted octanol–water partition coefficient (Wildman–Crippen LogP) is 3.77. The molecule has 3 nitrogen and oxygen atoms in total. The molecule has 0 aliphatic rings. The summed E-state index contributed by atoms with van der Waals surface area (Å²) < 4.78 is 10.9. The molecule has 1 heterocycles. The molecule has 2 aromatic rings. The van der Waals surface area contributed by atoms with Gasteiger partial charge in [0.1, 0.15) is 17.3 Å². The Morgan fingerprint density at radius 3 is 2.59 bits per heavy atom. The van der Waals surface area contributed by atoms with E-state index in [4.69, 9.17) is 9.15 Å². The molecule has 0 fully saturated rings. The molecule has 1 atom stereocenters. The number of furan rings is 1. The van der Waals surface area contributed by atoms with Crippen molar-refractivity contribution in [2.24, 2.45) is 0 Å². The van der Waals surface area contributed by atoms with Crippen LogP contribution in [-0.4, -0.2) is 7.11 Å². The summed E-state index contributed by atoms with van der Waals surface area (Å²) >= 11 is 0. The van der Waals surface area contributed by atoms with Gasteiger partial charge in [-0.3, -0.25) is 0 Å². The molecule has 2 rings (SSSR count). The topological polar surface area (TPSA) is 34.4 Å². The molecule has 0 spiro atoms. The van der Waals surface area contributed by atoms with Crippen LogP contribution in [-0.2, 0) is 0 Å². The van der Waals surface area contributed by atoms with E-state index in [0.717, 1.165) is 23.0 Å². The van der Waals surface area contributed by atoms with E-state index < -0.39 is 0 Å². The van der Waals surface area contributed by atoms with Crippen LogP contribution in [0.2, 0.25) is 0 Å². The monoisotopic (exact) mass is 231 g/mol. The lowest BCUT2D eigenvalue weighted by Gasteiger charge is -2.15. The highest BCUT2D eigenvalue weighted by Gasteiger charge is 2.11. The second kappa shape index (κ2) is 4.95. The van der Waals surface area contributed by atoms with Gasteiger partial charge in [0.05, 0.1) is 18.8 Å². The summed E-state index contributed by atoms with van der Waals surface area (Å²) in [5, 5.41) is 3.37. The average Bonchev–Trinajstić information content (AvgIpc) is 2.77. The Morgan fingerprint density at radius 2 is 1.94 bits per heavy atom. The maximum Gasteiger partial charge on any atom is 0.141 e. The zero-order valence-corrected chi connectivity index (χ0v) is 10.4. The quantitative estimate of drug-likeness (QED) is 0.869. The van der Waals surface area contributed by atoms with E-state index in [1.54, 1.807) is 7.11 Å². The molecule has 0 radical (unpaired) electrons. The van der Waals surface area contributed by atoms with Crippen molar-refractivity contribution in [3.05, 3.63) is 47.9 Å². The summed E-state index contributed by atoms with van der Waals surface area (Å²) in [5.74, 6) is 2.68. The molecule has 1 aromatic carbocycles. The van der Waals surface area contributed by atoms with Crippen LogP contribution in [0.1, 0.15) is 24.5 Å². The molecule has 17 heavy (non-hydrogen) atoms. The summed E-state index contributed by atoms with van der Waals surface area (Å²) in [6, 6.07) is 11.9. The van der Waals surface area contributed by atoms with Crippen molar-refractivity contribution in [3.63, 3.8) is 0 Å². The van der Waals surface area contributed by atoms with E-state index in [2.05, 4.69) is 12.2 Å². The van der Waals surface area contributed by atoms with Crippen molar-refractivity contribution in [3.8, 4) is 5.75 Å². The summed E-state index contributed by atoms with van der Waals surface area (Å²) in [7, 11) is 1.67. The molecule has 0 saturated heterocycles. The van der Waals surface area contributed by atoms with Gasteiger partial charge in [-0.15, -0.1) is 0 Å². The molecule has 3 heteroatoms. The molecule has 0 amide bonds. The van der Waals surface area contributed by atoms with Crippen LogP contribution in [0.15, 0.2) is 40.8 Å². The first-order chi connectivity index (χ1) is 8.20. The Bertz CT molecular complexity index is 490. The zero-order valence-electron chi connectivity index (χ0n) is 10.4. The number of anilines is 1. The van der Waals surface area contributed by atoms with Crippen LogP contribution in [0, 0.1) is 6.92 Å². The Balaban J connectivity index is 2.15. The fraction of sp³-hybridized carbons (Fsp3) is 0.286. The molecule has 0 bridgehead atoms. The van der Waals surface area contributed by atoms with Gasteiger partial charge < -0.3 is 14.5 Å². The van der Waals surface area contributed by atoms with Gasteiger partial charge in [0.15, 0.2) is 0 Å². The Hall–Kier alpha value is -1.90. The predicted molar refractivity (Wildman–Crippen MR) is 68.5 cm³/mol. The number of ether oxygens (including phenoxy) is 1. The van der Waals surface area contributed by atoms with E-state index in [1.807, 2.05) is 43.3 Å². The number of nitrogens with one attached hydrogen (secondary N) is 1. The van der Waals surface area contributed by atoms with Crippen molar-refractivity contribution in [1.82, 2.24) is 0 Å². The highest BCUT2D eigenvalue weighted by atomic mass is 16.5. The molecular weight excluding hydrogens is 214 g/mol. The van der Waals surface area contributed by atoms with Crippen LogP contribution in [0.25, 0.3) is 0 Å². The van der Waals surface area contributed by atoms with Gasteiger partial charge in [0.2, 0.25) is 0 Å². The molecule has 1 aromatic heterocycles. The molecular formula is C14H17NO2. The van der Waals surface area contributed by atoms with Crippen molar-refractivity contribution < 1.29 is 9.15 Å². The average molecular weight is 231 g/mol. The molecule has 1 N–H and O–H groups in total. The maximum atomic E-state index is 5.59. The van der Waals surface area contributed by atoms with Gasteiger partial charge in [0.25, 0.3) is 0 Å². The standard InChI is InChI=1S/C14H17NO2/c1-10-8-9-13(17-10)11(2)15-12-6-4-5-7-14(12)16-3/h4-9,11,15H,1-3H3. The van der Waals surface area contributed by atoms with Gasteiger partial charge in [-0.1, -0.05) is 12.1 Å². The summed E-state index contributed by atoms with van der Waals surface area (Å²) in [4.78, 5) is 0. The van der Waals surface area contributed by atoms with Crippen molar-refractivity contribution in [2.45, 2.75) is 19.9 Å². The molecule has 0 aliphatic carbocycles. The maximum absolute atomic E-state index is 5.59. The van der Waals surface area contributed by atoms with Gasteiger partial charge in [-0.05, 0) is 38.1 Å². The number of hydrogen-bond acceptors (Lipinski definition) is 3. The van der Waals surface area contributed by atoms with E-state index in [9.17, 15) is 0 Å². The molecule has 1 unspecified atom stereocenters. The number of benzene rings is 1. The number of hydrogen-bond donors (Lipinski definition) is 1. The second-order valence-corrected chi connectivity index (χ2v) is 4.01. The van der Waals surface area contributed by atoms with Gasteiger partial charge in [-0.25, -0.2) is 0 Å². The first kappa shape index (κ1) is 11.6. The first-order valence-electron chi connectivity index (χ1n) is 5.66. The van der Waals surface area contributed by atoms with Gasteiger partial charge >= 0.3 is 0 Å². The minimum absolute atomic E-state index is 0.111. The molecule has 0 aliphatic heterocycles. The van der Waals surface area contributed by atoms with Crippen LogP contribution in [0.3, 0.4) is 0 Å². The Kier molecular flexibility index (Phi) is 3.38. The number of para-hydroxylation sites is 2. The number of aryl methyl sites for hydroxylation is 1. The number of methoxy groups -OCH3 is 1. The number of rotatable bonds is 4. The van der Waals surface area contributed by atoms with Crippen LogP contribution in [0.4, 0.5) is 5.69 Å². The largest absolute Gasteiger partial charge is 0.495 e. The van der Waals surface area contributed by atoms with E-state index in [0.29, 0.717) is 0 Å². The SMILES string of the molecule is COc1ccccc1NC(C)c1ccc(C)o1. The lowest BCUT2D eigenvalue weighted by atomic mass is 10.2. The summed E-state index contributed by atoms with van der Waals surface area (Å²) in [6.07, 6.45) is 0. The van der Waals surface area contributed by atoms with Crippen LogP contribution >= 0.6 is 0 Å². The van der Waals surface area contributed by atoms with E-state index in [1.165, 1.54) is 0 Å². The van der Waals surface area contributed by atoms with Crippen molar-refractivity contribution in [2.75, 3.05) is 12.4 Å². The first-order valence-corrected chi connectivity index (χ1v) is 5.66. The fourth-order valence-electron chi connectivity index (χ4n) is 1.75. The third kappa shape index (κ3) is 2.61. The summed E-state index contributed by atoms with van der Waals surface area (Å²) in [6.45, 7) is 4.00. The van der Waals surface area contributed by atoms with Gasteiger partial charge in [0, 0.05) is 0 Å². The lowest BCUT2D eigenvalue weighted by molar-refractivity contribution is 0.415. The van der Waals surface area contributed by atoms with E-state index >= 15 is 0 Å². The van der Waals surface area contributed by atoms with Gasteiger partial charge in [-0.2, -0.15) is 0 Å². The Labute approximate surface area is 101 Å². The van der Waals surface area contributed by atoms with Crippen LogP contribution in [0.5, 0.6) is 5.75 Å². The Morgan fingerprint density at radius 1 is 1.18 bits per heavy atom. The third-order valence-electron chi connectivity index (χ3n) is 2.67. The lowest BCUT2D eigenvalue weighted by Crippen LogP contribution is -2.06. The minimum Gasteiger partial charge on any atom is -0.495 e. The third-order valence-corrected chi connectivity index (χ3v) is 2.67. The molecule has 0 saturated carbocycles. The highest BCUT2D eigenvalue weighted by molar-refractivity contribution is 5.56. The van der Waals surface area contributed by atoms with Crippen molar-refractivity contribution >= 4 is 5.69 Å². The molecule has 90 valence electrons.